The molecule has 0 saturated carbocycles. The molecule has 4 heteroatoms. The Balaban J connectivity index is 1.87. The maximum atomic E-state index is 10.8. The number of aliphatic hydroxyl groups excluding tert-OH is 1. The molecule has 1 N–H and O–H groups in total. The van der Waals surface area contributed by atoms with Crippen LogP contribution in [0.25, 0.3) is 11.1 Å². The van der Waals surface area contributed by atoms with Crippen LogP contribution in [0.1, 0.15) is 17.2 Å². The monoisotopic (exact) mass is 305 g/mol. The summed E-state index contributed by atoms with van der Waals surface area (Å²) in [6, 6.07) is 23.6. The van der Waals surface area contributed by atoms with Crippen molar-refractivity contribution in [2.24, 2.45) is 0 Å². The molecule has 0 aliphatic rings. The fourth-order valence-corrected chi connectivity index (χ4v) is 2.49. The van der Waals surface area contributed by atoms with Crippen molar-refractivity contribution in [3.05, 3.63) is 100 Å². The molecule has 23 heavy (non-hydrogen) atoms. The smallest absolute Gasteiger partial charge is 0.269 e. The summed E-state index contributed by atoms with van der Waals surface area (Å²) >= 11 is 0. The number of nitro benzene ring substituents is 1. The molecule has 0 bridgehead atoms. The van der Waals surface area contributed by atoms with Crippen molar-refractivity contribution in [1.29, 1.82) is 0 Å². The fraction of sp³-hybridized carbons (Fsp3) is 0.0526. The minimum absolute atomic E-state index is 0.0255. The number of hydrogen-bond acceptors (Lipinski definition) is 3. The minimum Gasteiger partial charge on any atom is -0.384 e. The van der Waals surface area contributed by atoms with E-state index in [-0.39, 0.29) is 5.69 Å². The molecule has 0 amide bonds. The van der Waals surface area contributed by atoms with Gasteiger partial charge in [-0.3, -0.25) is 10.1 Å². The second kappa shape index (κ2) is 6.42. The van der Waals surface area contributed by atoms with Gasteiger partial charge in [0.15, 0.2) is 0 Å². The van der Waals surface area contributed by atoms with Crippen LogP contribution < -0.4 is 0 Å². The van der Waals surface area contributed by atoms with Crippen LogP contribution in [-0.4, -0.2) is 10.0 Å². The van der Waals surface area contributed by atoms with Gasteiger partial charge in [-0.2, -0.15) is 0 Å². The Kier molecular flexibility index (Phi) is 4.17. The van der Waals surface area contributed by atoms with Crippen LogP contribution in [0.2, 0.25) is 0 Å². The van der Waals surface area contributed by atoms with E-state index in [1.54, 1.807) is 12.1 Å². The predicted molar refractivity (Wildman–Crippen MR) is 89.0 cm³/mol. The van der Waals surface area contributed by atoms with Crippen molar-refractivity contribution >= 4 is 5.69 Å². The highest BCUT2D eigenvalue weighted by atomic mass is 16.6. The van der Waals surface area contributed by atoms with Gasteiger partial charge in [-0.05, 0) is 22.3 Å². The van der Waals surface area contributed by atoms with Crippen LogP contribution in [-0.2, 0) is 0 Å². The third-order valence-corrected chi connectivity index (χ3v) is 3.73. The van der Waals surface area contributed by atoms with E-state index in [1.807, 2.05) is 54.6 Å². The molecule has 3 rings (SSSR count). The first-order chi connectivity index (χ1) is 11.1. The predicted octanol–water partition coefficient (Wildman–Crippen LogP) is 4.34. The molecule has 1 unspecified atom stereocenters. The molecule has 0 radical (unpaired) electrons. The van der Waals surface area contributed by atoms with Gasteiger partial charge in [0.1, 0.15) is 6.10 Å². The lowest BCUT2D eigenvalue weighted by molar-refractivity contribution is -0.385. The summed E-state index contributed by atoms with van der Waals surface area (Å²) in [7, 11) is 0. The third kappa shape index (κ3) is 3.27. The fourth-order valence-electron chi connectivity index (χ4n) is 2.49. The lowest BCUT2D eigenvalue weighted by Gasteiger charge is -2.12. The van der Waals surface area contributed by atoms with Crippen LogP contribution in [0.3, 0.4) is 0 Å². The average molecular weight is 305 g/mol. The standard InChI is InChI=1S/C19H15NO3/c21-19(17-7-4-8-18(13-17)20(22)23)16-11-9-15(10-12-16)14-5-2-1-3-6-14/h1-13,19,21H. The van der Waals surface area contributed by atoms with E-state index in [2.05, 4.69) is 0 Å². The van der Waals surface area contributed by atoms with Crippen molar-refractivity contribution in [3.63, 3.8) is 0 Å². The SMILES string of the molecule is O=[N+]([O-])c1cccc(C(O)c2ccc(-c3ccccc3)cc2)c1. The molecule has 0 aromatic heterocycles. The molecule has 0 spiro atoms. The number of nitro groups is 1. The number of nitrogens with zero attached hydrogens (tertiary/aromatic N) is 1. The summed E-state index contributed by atoms with van der Waals surface area (Å²) in [6.45, 7) is 0. The van der Waals surface area contributed by atoms with Crippen LogP contribution in [0, 0.1) is 10.1 Å². The van der Waals surface area contributed by atoms with Gasteiger partial charge in [0.05, 0.1) is 4.92 Å². The summed E-state index contributed by atoms with van der Waals surface area (Å²) in [5.74, 6) is 0. The van der Waals surface area contributed by atoms with Crippen molar-refractivity contribution < 1.29 is 10.0 Å². The molecule has 0 aliphatic heterocycles. The Labute approximate surface area is 133 Å². The topological polar surface area (TPSA) is 63.4 Å². The second-order valence-electron chi connectivity index (χ2n) is 5.24. The zero-order chi connectivity index (χ0) is 16.2. The first-order valence-corrected chi connectivity index (χ1v) is 7.23. The molecule has 3 aromatic rings. The third-order valence-electron chi connectivity index (χ3n) is 3.73. The Morgan fingerprint density at radius 3 is 2.09 bits per heavy atom. The highest BCUT2D eigenvalue weighted by Gasteiger charge is 2.14. The quantitative estimate of drug-likeness (QED) is 0.576. The summed E-state index contributed by atoms with van der Waals surface area (Å²) in [5, 5.41) is 21.3. The molecule has 0 fully saturated rings. The first-order valence-electron chi connectivity index (χ1n) is 7.23. The largest absolute Gasteiger partial charge is 0.384 e. The molecule has 0 heterocycles. The Morgan fingerprint density at radius 1 is 0.783 bits per heavy atom. The van der Waals surface area contributed by atoms with Crippen molar-refractivity contribution in [2.45, 2.75) is 6.10 Å². The van der Waals surface area contributed by atoms with Gasteiger partial charge in [0, 0.05) is 12.1 Å². The Hall–Kier alpha value is -2.98. The lowest BCUT2D eigenvalue weighted by Crippen LogP contribution is -2.00. The van der Waals surface area contributed by atoms with Crippen LogP contribution in [0.4, 0.5) is 5.69 Å². The molecule has 114 valence electrons. The molecular formula is C19H15NO3. The van der Waals surface area contributed by atoms with Gasteiger partial charge in [-0.15, -0.1) is 0 Å². The molecule has 0 aliphatic carbocycles. The van der Waals surface area contributed by atoms with Crippen molar-refractivity contribution in [1.82, 2.24) is 0 Å². The highest BCUT2D eigenvalue weighted by Crippen LogP contribution is 2.27. The van der Waals surface area contributed by atoms with Gasteiger partial charge in [-0.25, -0.2) is 0 Å². The van der Waals surface area contributed by atoms with Crippen LogP contribution in [0.15, 0.2) is 78.9 Å². The number of non-ortho nitro benzene ring substituents is 1. The van der Waals surface area contributed by atoms with E-state index in [0.29, 0.717) is 11.1 Å². The summed E-state index contributed by atoms with van der Waals surface area (Å²) < 4.78 is 0. The van der Waals surface area contributed by atoms with Gasteiger partial charge in [0.2, 0.25) is 0 Å². The lowest BCUT2D eigenvalue weighted by atomic mass is 9.98. The summed E-state index contributed by atoms with van der Waals surface area (Å²) in [5.41, 5.74) is 3.34. The van der Waals surface area contributed by atoms with E-state index in [9.17, 15) is 15.2 Å². The zero-order valence-corrected chi connectivity index (χ0v) is 12.3. The molecular weight excluding hydrogens is 290 g/mol. The van der Waals surface area contributed by atoms with Crippen LogP contribution >= 0.6 is 0 Å². The number of hydrogen-bond donors (Lipinski definition) is 1. The Bertz CT molecular complexity index is 814. The minimum atomic E-state index is -0.889. The maximum absolute atomic E-state index is 10.8. The van der Waals surface area contributed by atoms with Gasteiger partial charge < -0.3 is 5.11 Å². The van der Waals surface area contributed by atoms with Crippen LogP contribution in [0.5, 0.6) is 0 Å². The van der Waals surface area contributed by atoms with Gasteiger partial charge in [0.25, 0.3) is 5.69 Å². The van der Waals surface area contributed by atoms with E-state index >= 15 is 0 Å². The number of benzene rings is 3. The average Bonchev–Trinajstić information content (AvgIpc) is 2.62. The van der Waals surface area contributed by atoms with E-state index in [0.717, 1.165) is 11.1 Å². The van der Waals surface area contributed by atoms with E-state index in [1.165, 1.54) is 12.1 Å². The Morgan fingerprint density at radius 2 is 1.43 bits per heavy atom. The molecule has 3 aromatic carbocycles. The number of rotatable bonds is 4. The highest BCUT2D eigenvalue weighted by molar-refractivity contribution is 5.63. The molecule has 1 atom stereocenters. The van der Waals surface area contributed by atoms with Gasteiger partial charge in [-0.1, -0.05) is 66.7 Å². The zero-order valence-electron chi connectivity index (χ0n) is 12.3. The molecule has 4 nitrogen and oxygen atoms in total. The second-order valence-corrected chi connectivity index (χ2v) is 5.24. The van der Waals surface area contributed by atoms with E-state index < -0.39 is 11.0 Å². The van der Waals surface area contributed by atoms with Crippen molar-refractivity contribution in [3.8, 4) is 11.1 Å². The molecule has 0 saturated heterocycles. The first kappa shape index (κ1) is 14.9. The number of aliphatic hydroxyl groups is 1. The summed E-state index contributed by atoms with van der Waals surface area (Å²) in [6.07, 6.45) is -0.889. The normalized spacial score (nSPS) is 11.9. The maximum Gasteiger partial charge on any atom is 0.269 e. The summed E-state index contributed by atoms with van der Waals surface area (Å²) in [4.78, 5) is 10.4. The van der Waals surface area contributed by atoms with Gasteiger partial charge >= 0.3 is 0 Å². The van der Waals surface area contributed by atoms with Crippen molar-refractivity contribution in [2.75, 3.05) is 0 Å². The van der Waals surface area contributed by atoms with E-state index in [4.69, 9.17) is 0 Å².